The topological polar surface area (TPSA) is 275 Å². The molecule has 20 heteroatoms. The standard InChI is InChI=1S/C59H83N9O10S/c1-39(2)47(67(10)57(76)52(58(4,5)6)65-56(75)51(61-9)59(7,8)43-24-16-12-17-25-43)36-40(3)53(72)66-79(77,78)44-30-28-42(29-31-44)38-62-54(73)45(26-19-20-34-60)64-55(74)46(37-41-22-14-11-15-23-41)63-48(69)27-18-13-21-35-68-49(70)32-33-50(68)71/h11-12,14-17,22-25,28-33,36,39,45-47,51-52,61H,13,18-21,26-27,34-35,37-38,60H2,1-10H3,(H,62,73)(H,63,69)(H,64,74)(H,65,75)(H,66,72)/b40-36+/t45-,46-,47-,51-,52-/m1/s1. The largest absolute Gasteiger partial charge is 0.350 e. The van der Waals surface area contributed by atoms with Gasteiger partial charge in [-0.1, -0.05) is 134 Å². The number of benzene rings is 3. The van der Waals surface area contributed by atoms with Crippen LogP contribution in [0.1, 0.15) is 117 Å². The Bertz CT molecular complexity index is 2740. The molecule has 1 aliphatic heterocycles. The van der Waals surface area contributed by atoms with E-state index in [1.54, 1.807) is 14.1 Å². The minimum atomic E-state index is -4.40. The number of carbonyl (C=O) groups is 8. The van der Waals surface area contributed by atoms with Crippen molar-refractivity contribution in [2.75, 3.05) is 27.2 Å². The molecule has 430 valence electrons. The number of unbranched alkanes of at least 4 members (excludes halogenated alkanes) is 3. The first-order valence-corrected chi connectivity index (χ1v) is 28.5. The highest BCUT2D eigenvalue weighted by atomic mass is 32.2. The summed E-state index contributed by atoms with van der Waals surface area (Å²) >= 11 is 0. The van der Waals surface area contributed by atoms with Crippen LogP contribution in [0.3, 0.4) is 0 Å². The van der Waals surface area contributed by atoms with Crippen LogP contribution in [-0.4, -0.2) is 123 Å². The van der Waals surface area contributed by atoms with E-state index in [1.165, 1.54) is 54.3 Å². The molecule has 0 unspecified atom stereocenters. The minimum Gasteiger partial charge on any atom is -0.350 e. The lowest BCUT2D eigenvalue weighted by atomic mass is 9.76. The Morgan fingerprint density at radius 1 is 0.709 bits per heavy atom. The number of hydrogen-bond donors (Lipinski definition) is 7. The first kappa shape index (κ1) is 64.5. The van der Waals surface area contributed by atoms with E-state index in [2.05, 4.69) is 31.3 Å². The van der Waals surface area contributed by atoms with Crippen LogP contribution in [0.15, 0.2) is 114 Å². The Labute approximate surface area is 466 Å². The molecule has 1 heterocycles. The van der Waals surface area contributed by atoms with Crippen molar-refractivity contribution in [1.29, 1.82) is 0 Å². The summed E-state index contributed by atoms with van der Waals surface area (Å²) < 4.78 is 29.3. The van der Waals surface area contributed by atoms with E-state index in [-0.39, 0.29) is 72.4 Å². The molecule has 0 spiro atoms. The number of carbonyl (C=O) groups excluding carboxylic acids is 8. The van der Waals surface area contributed by atoms with Gasteiger partial charge in [0.2, 0.25) is 29.5 Å². The van der Waals surface area contributed by atoms with Crippen LogP contribution in [0.5, 0.6) is 0 Å². The van der Waals surface area contributed by atoms with Crippen molar-refractivity contribution in [1.82, 2.24) is 41.1 Å². The van der Waals surface area contributed by atoms with Crippen molar-refractivity contribution in [3.8, 4) is 0 Å². The molecule has 0 saturated carbocycles. The third kappa shape index (κ3) is 19.1. The van der Waals surface area contributed by atoms with E-state index in [4.69, 9.17) is 5.73 Å². The first-order valence-electron chi connectivity index (χ1n) is 27.0. The summed E-state index contributed by atoms with van der Waals surface area (Å²) in [5.41, 5.74) is 6.66. The van der Waals surface area contributed by atoms with Crippen molar-refractivity contribution >= 4 is 57.3 Å². The molecule has 3 aromatic rings. The van der Waals surface area contributed by atoms with E-state index >= 15 is 0 Å². The summed E-state index contributed by atoms with van der Waals surface area (Å²) in [7, 11) is -1.12. The third-order valence-electron chi connectivity index (χ3n) is 14.1. The molecule has 0 radical (unpaired) electrons. The normalized spacial score (nSPS) is 14.9. The molecule has 4 rings (SSSR count). The van der Waals surface area contributed by atoms with Crippen LogP contribution >= 0.6 is 0 Å². The molecule has 0 aliphatic carbocycles. The maximum atomic E-state index is 14.4. The van der Waals surface area contributed by atoms with E-state index < -0.39 is 74.7 Å². The molecule has 1 aliphatic rings. The lowest BCUT2D eigenvalue weighted by Gasteiger charge is -2.40. The van der Waals surface area contributed by atoms with Crippen molar-refractivity contribution in [2.24, 2.45) is 17.1 Å². The summed E-state index contributed by atoms with van der Waals surface area (Å²) in [6.45, 7) is 15.2. The molecule has 0 aromatic heterocycles. The van der Waals surface area contributed by atoms with Crippen LogP contribution in [-0.2, 0) is 66.8 Å². The smallest absolute Gasteiger partial charge is 0.264 e. The number of nitrogens with zero attached hydrogens (tertiary/aromatic N) is 2. The minimum absolute atomic E-state index is 0.0390. The fourth-order valence-corrected chi connectivity index (χ4v) is 10.3. The van der Waals surface area contributed by atoms with Gasteiger partial charge in [0.1, 0.15) is 18.1 Å². The number of rotatable bonds is 30. The zero-order valence-corrected chi connectivity index (χ0v) is 48.3. The predicted octanol–water partition coefficient (Wildman–Crippen LogP) is 4.46. The number of nitrogens with two attached hydrogens (primary N) is 1. The second kappa shape index (κ2) is 29.8. The van der Waals surface area contributed by atoms with Crippen LogP contribution in [0.2, 0.25) is 0 Å². The average molecular weight is 1110 g/mol. The maximum Gasteiger partial charge on any atom is 0.264 e. The number of sulfonamides is 1. The highest BCUT2D eigenvalue weighted by molar-refractivity contribution is 7.90. The molecule has 0 saturated heterocycles. The first-order chi connectivity index (χ1) is 37.2. The summed E-state index contributed by atoms with van der Waals surface area (Å²) in [4.78, 5) is 109. The lowest BCUT2D eigenvalue weighted by Crippen LogP contribution is -2.61. The predicted molar refractivity (Wildman–Crippen MR) is 304 cm³/mol. The Hall–Kier alpha value is -7.03. The Morgan fingerprint density at radius 2 is 1.32 bits per heavy atom. The average Bonchev–Trinajstić information content (AvgIpc) is 3.77. The van der Waals surface area contributed by atoms with Gasteiger partial charge in [0.05, 0.1) is 17.0 Å². The second-order valence-corrected chi connectivity index (χ2v) is 23.8. The summed E-state index contributed by atoms with van der Waals surface area (Å²) in [6.07, 6.45) is 7.11. The molecule has 8 N–H and O–H groups in total. The van der Waals surface area contributed by atoms with E-state index in [1.807, 2.05) is 109 Å². The molecule has 19 nitrogen and oxygen atoms in total. The quantitative estimate of drug-likeness (QED) is 0.0277. The molecule has 5 atom stereocenters. The number of hydrogen-bond acceptors (Lipinski definition) is 12. The number of nitrogens with one attached hydrogen (secondary N) is 6. The van der Waals surface area contributed by atoms with Gasteiger partial charge in [-0.2, -0.15) is 0 Å². The molecule has 3 aromatic carbocycles. The van der Waals surface area contributed by atoms with Crippen molar-refractivity contribution in [3.63, 3.8) is 0 Å². The van der Waals surface area contributed by atoms with E-state index in [9.17, 15) is 46.8 Å². The van der Waals surface area contributed by atoms with Gasteiger partial charge in [-0.15, -0.1) is 0 Å². The van der Waals surface area contributed by atoms with Crippen LogP contribution < -0.4 is 37.0 Å². The molecule has 0 fully saturated rings. The van der Waals surface area contributed by atoms with Gasteiger partial charge in [0.25, 0.3) is 27.7 Å². The highest BCUT2D eigenvalue weighted by Crippen LogP contribution is 2.29. The van der Waals surface area contributed by atoms with Crippen LogP contribution in [0, 0.1) is 11.3 Å². The Kier molecular flexibility index (Phi) is 24.3. The lowest BCUT2D eigenvalue weighted by molar-refractivity contribution is -0.141. The molecule has 79 heavy (non-hydrogen) atoms. The number of likely N-dealkylation sites (N-methyl/N-ethyl adjacent to an activating group) is 2. The van der Waals surface area contributed by atoms with E-state index in [0.717, 1.165) is 16.0 Å². The molecular formula is C59H83N9O10S. The van der Waals surface area contributed by atoms with Gasteiger partial charge in [-0.05, 0) is 92.8 Å². The van der Waals surface area contributed by atoms with Gasteiger partial charge in [-0.25, -0.2) is 13.1 Å². The fraction of sp³-hybridized carbons (Fsp3) is 0.492. The molecule has 0 bridgehead atoms. The second-order valence-electron chi connectivity index (χ2n) is 22.1. The van der Waals surface area contributed by atoms with Crippen molar-refractivity contribution in [3.05, 3.63) is 125 Å². The van der Waals surface area contributed by atoms with Crippen LogP contribution in [0.4, 0.5) is 0 Å². The number of imide groups is 1. The van der Waals surface area contributed by atoms with Gasteiger partial charge >= 0.3 is 0 Å². The SMILES string of the molecule is CN[C@H](C(=O)N[C@H](C(=O)N(C)[C@H](/C=C(\C)C(=O)NS(=O)(=O)c1ccc(CNC(=O)[C@@H](CCCCN)NC(=O)[C@@H](Cc2ccccc2)NC(=O)CCCCCN2C(=O)C=CC2=O)cc1)C(C)C)C(C)(C)C)C(C)(C)c1ccccc1. The monoisotopic (exact) mass is 1110 g/mol. The summed E-state index contributed by atoms with van der Waals surface area (Å²) in [5.74, 6) is -4.08. The number of amides is 8. The van der Waals surface area contributed by atoms with Crippen molar-refractivity contribution in [2.45, 2.75) is 154 Å². The van der Waals surface area contributed by atoms with Gasteiger partial charge < -0.3 is 37.2 Å². The Morgan fingerprint density at radius 3 is 1.89 bits per heavy atom. The Balaban J connectivity index is 1.39. The third-order valence-corrected chi connectivity index (χ3v) is 15.4. The highest BCUT2D eigenvalue weighted by Gasteiger charge is 2.42. The maximum absolute atomic E-state index is 14.4. The summed E-state index contributed by atoms with van der Waals surface area (Å²) in [5, 5.41) is 14.6. The fourth-order valence-electron chi connectivity index (χ4n) is 9.27. The van der Waals surface area contributed by atoms with Crippen LogP contribution in [0.25, 0.3) is 0 Å². The van der Waals surface area contributed by atoms with Gasteiger partial charge in [0.15, 0.2) is 0 Å². The zero-order valence-electron chi connectivity index (χ0n) is 47.5. The zero-order chi connectivity index (χ0) is 58.7. The molecule has 8 amide bonds. The van der Waals surface area contributed by atoms with Gasteiger partial charge in [0, 0.05) is 56.1 Å². The van der Waals surface area contributed by atoms with Gasteiger partial charge in [-0.3, -0.25) is 43.3 Å². The van der Waals surface area contributed by atoms with E-state index in [0.29, 0.717) is 44.2 Å². The molecular weight excluding hydrogens is 1030 g/mol. The summed E-state index contributed by atoms with van der Waals surface area (Å²) in [6, 6.07) is 19.9. The van der Waals surface area contributed by atoms with Crippen molar-refractivity contribution < 1.29 is 46.8 Å².